The molecule has 110 valence electrons. The van der Waals surface area contributed by atoms with E-state index in [1.165, 1.54) is 18.2 Å². The summed E-state index contributed by atoms with van der Waals surface area (Å²) in [5, 5.41) is 9.48. The average molecular weight is 289 g/mol. The molecule has 1 aromatic heterocycles. The number of carboxylic acid groups (broad SMARTS) is 1. The second kappa shape index (κ2) is 5.05. The molecule has 0 spiro atoms. The van der Waals surface area contributed by atoms with Crippen molar-refractivity contribution in [3.63, 3.8) is 0 Å². The molecule has 0 aliphatic heterocycles. The van der Waals surface area contributed by atoms with Crippen molar-refractivity contribution in [2.75, 3.05) is 0 Å². The molecule has 6 nitrogen and oxygen atoms in total. The van der Waals surface area contributed by atoms with Gasteiger partial charge in [-0.15, -0.1) is 0 Å². The van der Waals surface area contributed by atoms with Crippen LogP contribution in [0.15, 0.2) is 24.3 Å². The first-order valence-electron chi connectivity index (χ1n) is 6.31. The lowest BCUT2D eigenvalue weighted by Gasteiger charge is -2.20. The summed E-state index contributed by atoms with van der Waals surface area (Å²) in [6.07, 6.45) is -0.225. The maximum Gasteiger partial charge on any atom is 0.419 e. The number of hydrogen-bond acceptors (Lipinski definition) is 4. The van der Waals surface area contributed by atoms with E-state index in [4.69, 9.17) is 9.84 Å². The van der Waals surface area contributed by atoms with Crippen molar-refractivity contribution in [1.29, 1.82) is 0 Å². The number of aromatic carboxylic acids is 1. The largest absolute Gasteiger partial charge is 0.478 e. The van der Waals surface area contributed by atoms with Gasteiger partial charge in [-0.1, -0.05) is 6.07 Å². The molecule has 0 fully saturated rings. The maximum atomic E-state index is 12.2. The number of carbonyl (C=O) groups excluding carboxylic acids is 2. The SMILES string of the molecule is CC(C)(C)OC(=O)n1c(C=O)cc2c(C(=O)O)cccc21. The summed E-state index contributed by atoms with van der Waals surface area (Å²) in [6.45, 7) is 5.12. The Morgan fingerprint density at radius 1 is 1.29 bits per heavy atom. The van der Waals surface area contributed by atoms with Crippen LogP contribution in [0.3, 0.4) is 0 Å². The molecule has 1 aromatic carbocycles. The molecule has 6 heteroatoms. The van der Waals surface area contributed by atoms with Gasteiger partial charge in [0, 0.05) is 5.39 Å². The zero-order valence-electron chi connectivity index (χ0n) is 11.9. The predicted molar refractivity (Wildman–Crippen MR) is 75.9 cm³/mol. The van der Waals surface area contributed by atoms with Gasteiger partial charge in [0.25, 0.3) is 0 Å². The molecule has 21 heavy (non-hydrogen) atoms. The number of fused-ring (bicyclic) bond motifs is 1. The van der Waals surface area contributed by atoms with Crippen molar-refractivity contribution in [3.8, 4) is 0 Å². The van der Waals surface area contributed by atoms with Crippen molar-refractivity contribution >= 4 is 29.3 Å². The fourth-order valence-electron chi connectivity index (χ4n) is 2.04. The highest BCUT2D eigenvalue weighted by atomic mass is 16.6. The van der Waals surface area contributed by atoms with Crippen LogP contribution in [-0.4, -0.2) is 33.6 Å². The fraction of sp³-hybridized carbons (Fsp3) is 0.267. The van der Waals surface area contributed by atoms with Gasteiger partial charge in [0.2, 0.25) is 0 Å². The van der Waals surface area contributed by atoms with Gasteiger partial charge in [-0.3, -0.25) is 4.79 Å². The summed E-state index contributed by atoms with van der Waals surface area (Å²) >= 11 is 0. The normalized spacial score (nSPS) is 11.4. The quantitative estimate of drug-likeness (QED) is 0.859. The van der Waals surface area contributed by atoms with Crippen molar-refractivity contribution < 1.29 is 24.2 Å². The Balaban J connectivity index is 2.68. The average Bonchev–Trinajstić information content (AvgIpc) is 2.74. The van der Waals surface area contributed by atoms with E-state index < -0.39 is 17.7 Å². The third kappa shape index (κ3) is 2.79. The lowest BCUT2D eigenvalue weighted by atomic mass is 10.1. The first-order chi connectivity index (χ1) is 9.74. The molecule has 1 heterocycles. The Morgan fingerprint density at radius 3 is 2.48 bits per heavy atom. The molecule has 0 bridgehead atoms. The third-order valence-corrected chi connectivity index (χ3v) is 2.80. The predicted octanol–water partition coefficient (Wildman–Crippen LogP) is 2.94. The van der Waals surface area contributed by atoms with E-state index in [1.54, 1.807) is 26.8 Å². The summed E-state index contributed by atoms with van der Waals surface area (Å²) in [5.74, 6) is -1.13. The van der Waals surface area contributed by atoms with E-state index in [9.17, 15) is 14.4 Å². The summed E-state index contributed by atoms with van der Waals surface area (Å²) in [7, 11) is 0. The number of aldehydes is 1. The molecule has 0 radical (unpaired) electrons. The van der Waals surface area contributed by atoms with Crippen LogP contribution < -0.4 is 0 Å². The van der Waals surface area contributed by atoms with Crippen LogP contribution in [0, 0.1) is 0 Å². The number of rotatable bonds is 2. The first-order valence-corrected chi connectivity index (χ1v) is 6.31. The molecule has 2 aromatic rings. The molecule has 1 N–H and O–H groups in total. The Labute approximate surface area is 120 Å². The number of benzene rings is 1. The molecule has 0 atom stereocenters. The Kier molecular flexibility index (Phi) is 3.55. The second-order valence-electron chi connectivity index (χ2n) is 5.55. The first kappa shape index (κ1) is 14.8. The molecule has 0 unspecified atom stereocenters. The highest BCUT2D eigenvalue weighted by molar-refractivity contribution is 6.07. The molecular weight excluding hydrogens is 274 g/mol. The number of hydrogen-bond donors (Lipinski definition) is 1. The van der Waals surface area contributed by atoms with Crippen molar-refractivity contribution in [2.24, 2.45) is 0 Å². The van der Waals surface area contributed by atoms with Crippen LogP contribution in [0.25, 0.3) is 10.9 Å². The van der Waals surface area contributed by atoms with Gasteiger partial charge < -0.3 is 9.84 Å². The second-order valence-corrected chi connectivity index (χ2v) is 5.55. The van der Waals surface area contributed by atoms with Crippen LogP contribution in [-0.2, 0) is 4.74 Å². The number of carbonyl (C=O) groups is 3. The van der Waals surface area contributed by atoms with Gasteiger partial charge in [0.15, 0.2) is 6.29 Å². The number of aromatic nitrogens is 1. The van der Waals surface area contributed by atoms with E-state index >= 15 is 0 Å². The van der Waals surface area contributed by atoms with Gasteiger partial charge in [0.05, 0.1) is 16.8 Å². The smallest absolute Gasteiger partial charge is 0.419 e. The summed E-state index contributed by atoms with van der Waals surface area (Å²) in [4.78, 5) is 34.6. The summed E-state index contributed by atoms with van der Waals surface area (Å²) < 4.78 is 6.33. The van der Waals surface area contributed by atoms with Crippen LogP contribution in [0.4, 0.5) is 4.79 Å². The van der Waals surface area contributed by atoms with E-state index in [0.717, 1.165) is 4.57 Å². The Bertz CT molecular complexity index is 736. The van der Waals surface area contributed by atoms with Crippen LogP contribution in [0.1, 0.15) is 41.6 Å². The lowest BCUT2D eigenvalue weighted by Crippen LogP contribution is -2.27. The van der Waals surface area contributed by atoms with Crippen LogP contribution in [0.2, 0.25) is 0 Å². The monoisotopic (exact) mass is 289 g/mol. The Hall–Kier alpha value is -2.63. The molecule has 2 rings (SSSR count). The molecule has 0 saturated carbocycles. The summed E-state index contributed by atoms with van der Waals surface area (Å²) in [5.41, 5.74) is -0.324. The highest BCUT2D eigenvalue weighted by Crippen LogP contribution is 2.24. The maximum absolute atomic E-state index is 12.2. The van der Waals surface area contributed by atoms with Gasteiger partial charge in [0.1, 0.15) is 5.60 Å². The van der Waals surface area contributed by atoms with Gasteiger partial charge >= 0.3 is 12.1 Å². The number of carboxylic acids is 1. The van der Waals surface area contributed by atoms with Crippen LogP contribution >= 0.6 is 0 Å². The van der Waals surface area contributed by atoms with Crippen molar-refractivity contribution in [2.45, 2.75) is 26.4 Å². The number of ether oxygens (including phenoxy) is 1. The van der Waals surface area contributed by atoms with Crippen LogP contribution in [0.5, 0.6) is 0 Å². The minimum absolute atomic E-state index is 0.0258. The highest BCUT2D eigenvalue weighted by Gasteiger charge is 2.23. The minimum atomic E-state index is -1.13. The summed E-state index contributed by atoms with van der Waals surface area (Å²) in [6, 6.07) is 5.87. The Morgan fingerprint density at radius 2 is 1.95 bits per heavy atom. The molecule has 0 aliphatic rings. The molecule has 0 aliphatic carbocycles. The third-order valence-electron chi connectivity index (χ3n) is 2.80. The van der Waals surface area contributed by atoms with E-state index in [-0.39, 0.29) is 11.3 Å². The fourth-order valence-corrected chi connectivity index (χ4v) is 2.04. The standard InChI is InChI=1S/C15H15NO5/c1-15(2,3)21-14(20)16-9(8-17)7-11-10(13(18)19)5-4-6-12(11)16/h4-8H,1-3H3,(H,18,19). The zero-order valence-corrected chi connectivity index (χ0v) is 11.9. The van der Waals surface area contributed by atoms with Crippen molar-refractivity contribution in [3.05, 3.63) is 35.5 Å². The topological polar surface area (TPSA) is 85.6 Å². The minimum Gasteiger partial charge on any atom is -0.478 e. The lowest BCUT2D eigenvalue weighted by molar-refractivity contribution is 0.0537. The molecule has 0 amide bonds. The molecular formula is C15H15NO5. The zero-order chi connectivity index (χ0) is 15.8. The number of nitrogens with zero attached hydrogens (tertiary/aromatic N) is 1. The molecule has 0 saturated heterocycles. The van der Waals surface area contributed by atoms with E-state index in [1.807, 2.05) is 0 Å². The van der Waals surface area contributed by atoms with Gasteiger partial charge in [-0.05, 0) is 39.0 Å². The van der Waals surface area contributed by atoms with Gasteiger partial charge in [-0.25, -0.2) is 14.2 Å². The van der Waals surface area contributed by atoms with Crippen molar-refractivity contribution in [1.82, 2.24) is 4.57 Å². The van der Waals surface area contributed by atoms with E-state index in [0.29, 0.717) is 17.2 Å². The van der Waals surface area contributed by atoms with E-state index in [2.05, 4.69) is 0 Å². The van der Waals surface area contributed by atoms with Gasteiger partial charge in [-0.2, -0.15) is 0 Å².